The fourth-order valence-electron chi connectivity index (χ4n) is 2.53. The van der Waals surface area contributed by atoms with E-state index in [4.69, 9.17) is 9.40 Å². The monoisotopic (exact) mass is 445 g/mol. The molecule has 3 aromatic heterocycles. The van der Waals surface area contributed by atoms with Crippen LogP contribution in [0.2, 0.25) is 0 Å². The minimum absolute atomic E-state index is 0.678. The number of hydrogen-bond acceptors (Lipinski definition) is 3. The molecule has 120 valence electrons. The minimum atomic E-state index is 0.678. The van der Waals surface area contributed by atoms with E-state index in [1.165, 1.54) is 5.56 Å². The topological polar surface area (TPSA) is 42.5 Å². The van der Waals surface area contributed by atoms with E-state index < -0.39 is 0 Å². The van der Waals surface area contributed by atoms with E-state index in [2.05, 4.69) is 68.4 Å². The van der Waals surface area contributed by atoms with Crippen LogP contribution >= 0.6 is 31.9 Å². The highest BCUT2D eigenvalue weighted by Gasteiger charge is 2.17. The van der Waals surface area contributed by atoms with Gasteiger partial charge in [-0.05, 0) is 75.2 Å². The summed E-state index contributed by atoms with van der Waals surface area (Å²) in [5.41, 5.74) is 3.82. The molecule has 0 spiro atoms. The van der Waals surface area contributed by atoms with Crippen LogP contribution in [0.1, 0.15) is 5.56 Å². The van der Waals surface area contributed by atoms with Crippen LogP contribution in [0.15, 0.2) is 68.3 Å². The van der Waals surface area contributed by atoms with Crippen LogP contribution in [-0.4, -0.2) is 9.38 Å². The molecule has 0 aliphatic rings. The van der Waals surface area contributed by atoms with Gasteiger partial charge in [-0.2, -0.15) is 0 Å². The largest absolute Gasteiger partial charge is 0.448 e. The third-order valence-corrected chi connectivity index (χ3v) is 4.60. The van der Waals surface area contributed by atoms with Gasteiger partial charge in [-0.15, -0.1) is 0 Å². The molecule has 0 aliphatic carbocycles. The number of hydrogen-bond donors (Lipinski definition) is 1. The van der Waals surface area contributed by atoms with Crippen LogP contribution in [0, 0.1) is 6.92 Å². The van der Waals surface area contributed by atoms with E-state index >= 15 is 0 Å². The molecule has 0 fully saturated rings. The summed E-state index contributed by atoms with van der Waals surface area (Å²) in [4.78, 5) is 4.72. The summed E-state index contributed by atoms with van der Waals surface area (Å²) in [5, 5.41) is 3.46. The molecule has 4 aromatic rings. The Balaban J connectivity index is 1.89. The summed E-state index contributed by atoms with van der Waals surface area (Å²) in [5.74, 6) is 1.56. The smallest absolute Gasteiger partial charge is 0.169 e. The number of aryl methyl sites for hydroxylation is 1. The molecular formula is C18H13Br2N3O. The summed E-state index contributed by atoms with van der Waals surface area (Å²) in [6.07, 6.45) is 1.99. The number of aromatic nitrogens is 2. The maximum atomic E-state index is 5.72. The average molecular weight is 447 g/mol. The second kappa shape index (κ2) is 6.11. The first-order valence-corrected chi connectivity index (χ1v) is 8.96. The average Bonchev–Trinajstić information content (AvgIpc) is 3.14. The Hall–Kier alpha value is -2.05. The lowest BCUT2D eigenvalue weighted by molar-refractivity contribution is 0.554. The molecule has 0 atom stereocenters. The van der Waals surface area contributed by atoms with Crippen molar-refractivity contribution in [3.63, 3.8) is 0 Å². The van der Waals surface area contributed by atoms with Gasteiger partial charge >= 0.3 is 0 Å². The van der Waals surface area contributed by atoms with Crippen molar-refractivity contribution in [2.45, 2.75) is 6.92 Å². The number of pyridine rings is 1. The molecule has 24 heavy (non-hydrogen) atoms. The lowest BCUT2D eigenvalue weighted by atomic mass is 10.2. The van der Waals surface area contributed by atoms with Gasteiger partial charge in [-0.25, -0.2) is 4.98 Å². The normalized spacial score (nSPS) is 11.1. The number of furan rings is 1. The van der Waals surface area contributed by atoms with Crippen LogP contribution in [0.5, 0.6) is 0 Å². The molecule has 0 radical (unpaired) electrons. The molecule has 3 heterocycles. The highest BCUT2D eigenvalue weighted by atomic mass is 79.9. The van der Waals surface area contributed by atoms with Crippen LogP contribution in [0.3, 0.4) is 0 Å². The highest BCUT2D eigenvalue weighted by Crippen LogP contribution is 2.34. The highest BCUT2D eigenvalue weighted by molar-refractivity contribution is 9.10. The third-order valence-electron chi connectivity index (χ3n) is 3.70. The minimum Gasteiger partial charge on any atom is -0.448 e. The Labute approximate surface area is 155 Å². The lowest BCUT2D eigenvalue weighted by Gasteiger charge is -2.08. The van der Waals surface area contributed by atoms with E-state index in [0.717, 1.165) is 27.3 Å². The Morgan fingerprint density at radius 3 is 2.50 bits per heavy atom. The molecule has 6 heteroatoms. The summed E-state index contributed by atoms with van der Waals surface area (Å²) in [6.45, 7) is 2.07. The Morgan fingerprint density at radius 1 is 1.00 bits per heavy atom. The predicted molar refractivity (Wildman–Crippen MR) is 103 cm³/mol. The number of rotatable bonds is 3. The first-order chi connectivity index (χ1) is 11.6. The fourth-order valence-corrected chi connectivity index (χ4v) is 3.17. The zero-order chi connectivity index (χ0) is 16.7. The van der Waals surface area contributed by atoms with Crippen LogP contribution in [0.4, 0.5) is 11.5 Å². The van der Waals surface area contributed by atoms with Crippen molar-refractivity contribution in [1.29, 1.82) is 0 Å². The molecule has 1 N–H and O–H groups in total. The van der Waals surface area contributed by atoms with E-state index in [9.17, 15) is 0 Å². The number of imidazole rings is 1. The first-order valence-electron chi connectivity index (χ1n) is 7.37. The van der Waals surface area contributed by atoms with Crippen molar-refractivity contribution in [3.8, 4) is 11.5 Å². The standard InChI is InChI=1S/C18H13Br2N3O/c1-11-2-5-13(6-3-11)21-18-17(14-7-8-15(20)24-14)22-16-9-4-12(19)10-23(16)18/h2-10,21H,1H3. The molecule has 0 saturated heterocycles. The van der Waals surface area contributed by atoms with Crippen molar-refractivity contribution in [3.05, 3.63) is 69.4 Å². The molecule has 0 saturated carbocycles. The zero-order valence-corrected chi connectivity index (χ0v) is 15.9. The van der Waals surface area contributed by atoms with Gasteiger partial charge in [0.2, 0.25) is 0 Å². The predicted octanol–water partition coefficient (Wildman–Crippen LogP) is 6.17. The number of fused-ring (bicyclic) bond motifs is 1. The Morgan fingerprint density at radius 2 is 1.79 bits per heavy atom. The van der Waals surface area contributed by atoms with E-state index in [0.29, 0.717) is 10.4 Å². The molecule has 0 amide bonds. The molecule has 1 aromatic carbocycles. The maximum Gasteiger partial charge on any atom is 0.169 e. The van der Waals surface area contributed by atoms with Gasteiger partial charge in [0.1, 0.15) is 17.2 Å². The zero-order valence-electron chi connectivity index (χ0n) is 12.8. The fraction of sp³-hybridized carbons (Fsp3) is 0.0556. The van der Waals surface area contributed by atoms with Crippen molar-refractivity contribution >= 4 is 49.0 Å². The molecular weight excluding hydrogens is 434 g/mol. The molecule has 0 unspecified atom stereocenters. The van der Waals surface area contributed by atoms with Gasteiger partial charge < -0.3 is 9.73 Å². The summed E-state index contributed by atoms with van der Waals surface area (Å²) < 4.78 is 9.38. The van der Waals surface area contributed by atoms with Gasteiger partial charge in [0.15, 0.2) is 10.4 Å². The Bertz CT molecular complexity index is 1020. The van der Waals surface area contributed by atoms with Crippen LogP contribution < -0.4 is 5.32 Å². The summed E-state index contributed by atoms with van der Waals surface area (Å²) in [7, 11) is 0. The Kier molecular flexibility index (Phi) is 3.94. The quantitative estimate of drug-likeness (QED) is 0.409. The number of benzene rings is 1. The second-order valence-corrected chi connectivity index (χ2v) is 7.18. The SMILES string of the molecule is Cc1ccc(Nc2c(-c3ccc(Br)o3)nc3ccc(Br)cn23)cc1. The van der Waals surface area contributed by atoms with Gasteiger partial charge in [0.05, 0.1) is 0 Å². The summed E-state index contributed by atoms with van der Waals surface area (Å²) >= 11 is 6.88. The van der Waals surface area contributed by atoms with Gasteiger partial charge in [-0.3, -0.25) is 4.40 Å². The van der Waals surface area contributed by atoms with Gasteiger partial charge in [-0.1, -0.05) is 17.7 Å². The van der Waals surface area contributed by atoms with E-state index in [-0.39, 0.29) is 0 Å². The first kappa shape index (κ1) is 15.5. The number of anilines is 2. The van der Waals surface area contributed by atoms with Crippen molar-refractivity contribution in [2.75, 3.05) is 5.32 Å². The summed E-state index contributed by atoms with van der Waals surface area (Å²) in [6, 6.07) is 16.0. The van der Waals surface area contributed by atoms with Crippen molar-refractivity contribution < 1.29 is 4.42 Å². The molecule has 0 aliphatic heterocycles. The lowest BCUT2D eigenvalue weighted by Crippen LogP contribution is -1.96. The second-order valence-electron chi connectivity index (χ2n) is 5.48. The van der Waals surface area contributed by atoms with Crippen molar-refractivity contribution in [2.24, 2.45) is 0 Å². The third kappa shape index (κ3) is 2.87. The molecule has 0 bridgehead atoms. The van der Waals surface area contributed by atoms with E-state index in [1.807, 2.05) is 34.9 Å². The van der Waals surface area contributed by atoms with E-state index in [1.54, 1.807) is 0 Å². The van der Waals surface area contributed by atoms with Crippen LogP contribution in [-0.2, 0) is 0 Å². The molecule has 4 rings (SSSR count). The maximum absolute atomic E-state index is 5.72. The van der Waals surface area contributed by atoms with Crippen LogP contribution in [0.25, 0.3) is 17.1 Å². The van der Waals surface area contributed by atoms with Gasteiger partial charge in [0, 0.05) is 16.4 Å². The van der Waals surface area contributed by atoms with Gasteiger partial charge in [0.25, 0.3) is 0 Å². The number of halogens is 2. The number of nitrogens with one attached hydrogen (secondary N) is 1. The molecule has 4 nitrogen and oxygen atoms in total. The van der Waals surface area contributed by atoms with Crippen molar-refractivity contribution in [1.82, 2.24) is 9.38 Å². The number of nitrogens with zero attached hydrogens (tertiary/aromatic N) is 2.